The highest BCUT2D eigenvalue weighted by molar-refractivity contribution is 7.21. The maximum absolute atomic E-state index is 14.8. The van der Waals surface area contributed by atoms with Crippen molar-refractivity contribution in [3.8, 4) is 0 Å². The minimum Gasteiger partial charge on any atom is -0.397 e. The fourth-order valence-corrected chi connectivity index (χ4v) is 5.59. The van der Waals surface area contributed by atoms with E-state index in [-0.39, 0.29) is 17.8 Å². The van der Waals surface area contributed by atoms with Crippen molar-refractivity contribution in [3.05, 3.63) is 51.8 Å². The van der Waals surface area contributed by atoms with Crippen LogP contribution in [0.1, 0.15) is 32.9 Å². The number of fused-ring (bicyclic) bond motifs is 2. The van der Waals surface area contributed by atoms with Crippen molar-refractivity contribution < 1.29 is 9.18 Å². The largest absolute Gasteiger partial charge is 0.397 e. The highest BCUT2D eigenvalue weighted by Gasteiger charge is 2.26. The molecule has 1 atom stereocenters. The van der Waals surface area contributed by atoms with Crippen molar-refractivity contribution in [2.45, 2.75) is 32.2 Å². The number of pyridine rings is 1. The third-order valence-electron chi connectivity index (χ3n) is 6.23. The van der Waals surface area contributed by atoms with Crippen molar-refractivity contribution in [1.82, 2.24) is 15.6 Å². The molecule has 0 bridgehead atoms. The molecule has 0 radical (unpaired) electrons. The van der Waals surface area contributed by atoms with E-state index in [4.69, 9.17) is 5.73 Å². The SMILES string of the molecule is Cc1ccc2c(N)c(C(=O)N[C@H]3CCc4cc(N5CCNCC5)c(F)cc4C3)sc2n1. The zero-order valence-electron chi connectivity index (χ0n) is 17.5. The van der Waals surface area contributed by atoms with Crippen molar-refractivity contribution in [1.29, 1.82) is 0 Å². The molecular formula is C23H26FN5OS. The first-order valence-corrected chi connectivity index (χ1v) is 11.5. The second-order valence-electron chi connectivity index (χ2n) is 8.37. The maximum Gasteiger partial charge on any atom is 0.263 e. The van der Waals surface area contributed by atoms with Gasteiger partial charge in [-0.25, -0.2) is 9.37 Å². The standard InChI is InChI=1S/C23H26FN5OS/c1-13-2-5-17-20(25)21(31-23(17)27-13)22(30)28-16-4-3-14-12-19(18(24)11-15(14)10-16)29-8-6-26-7-9-29/h2,5,11-12,16,26H,3-4,6-10,25H2,1H3,(H,28,30)/t16-/m0/s1. The summed E-state index contributed by atoms with van der Waals surface area (Å²) < 4.78 is 14.8. The maximum atomic E-state index is 14.8. The van der Waals surface area contributed by atoms with Crippen LogP contribution in [0.2, 0.25) is 0 Å². The highest BCUT2D eigenvalue weighted by atomic mass is 32.1. The number of nitrogens with one attached hydrogen (secondary N) is 2. The number of amides is 1. The van der Waals surface area contributed by atoms with Gasteiger partial charge < -0.3 is 21.3 Å². The van der Waals surface area contributed by atoms with Crippen LogP contribution in [-0.2, 0) is 12.8 Å². The van der Waals surface area contributed by atoms with Crippen LogP contribution in [0.15, 0.2) is 24.3 Å². The number of carbonyl (C=O) groups is 1. The van der Waals surface area contributed by atoms with Gasteiger partial charge in [-0.3, -0.25) is 4.79 Å². The molecule has 1 saturated heterocycles. The number of halogens is 1. The Morgan fingerprint density at radius 1 is 1.29 bits per heavy atom. The van der Waals surface area contributed by atoms with Crippen LogP contribution >= 0.6 is 11.3 Å². The van der Waals surface area contributed by atoms with Crippen molar-refractivity contribution >= 4 is 38.8 Å². The lowest BCUT2D eigenvalue weighted by atomic mass is 9.87. The van der Waals surface area contributed by atoms with Gasteiger partial charge in [-0.1, -0.05) is 0 Å². The van der Waals surface area contributed by atoms with E-state index in [2.05, 4.69) is 20.5 Å². The summed E-state index contributed by atoms with van der Waals surface area (Å²) in [4.78, 5) is 20.8. The number of nitrogens with zero attached hydrogens (tertiary/aromatic N) is 2. The summed E-state index contributed by atoms with van der Waals surface area (Å²) in [5, 5.41) is 7.23. The van der Waals surface area contributed by atoms with Gasteiger partial charge in [0.05, 0.1) is 11.4 Å². The molecule has 3 aromatic rings. The van der Waals surface area contributed by atoms with Gasteiger partial charge in [0.2, 0.25) is 0 Å². The van der Waals surface area contributed by atoms with E-state index >= 15 is 0 Å². The van der Waals surface area contributed by atoms with E-state index in [1.165, 1.54) is 16.9 Å². The Morgan fingerprint density at radius 2 is 2.10 bits per heavy atom. The Hall–Kier alpha value is -2.71. The first-order valence-electron chi connectivity index (χ1n) is 10.7. The van der Waals surface area contributed by atoms with Gasteiger partial charge in [-0.2, -0.15) is 0 Å². The Labute approximate surface area is 184 Å². The summed E-state index contributed by atoms with van der Waals surface area (Å²) in [5.74, 6) is -0.354. The number of carbonyl (C=O) groups excluding carboxylic acids is 1. The molecule has 162 valence electrons. The first kappa shape index (κ1) is 20.2. The number of hydrogen-bond donors (Lipinski definition) is 3. The fourth-order valence-electron chi connectivity index (χ4n) is 4.55. The van der Waals surface area contributed by atoms with Gasteiger partial charge in [-0.05, 0) is 61.6 Å². The molecule has 1 fully saturated rings. The number of aromatic nitrogens is 1. The van der Waals surface area contributed by atoms with E-state index in [1.807, 2.05) is 25.1 Å². The molecule has 3 heterocycles. The molecule has 8 heteroatoms. The number of nitrogen functional groups attached to an aromatic ring is 1. The van der Waals surface area contributed by atoms with E-state index in [9.17, 15) is 9.18 Å². The lowest BCUT2D eigenvalue weighted by molar-refractivity contribution is 0.0938. The third kappa shape index (κ3) is 3.85. The Bertz CT molecular complexity index is 1150. The molecule has 0 unspecified atom stereocenters. The summed E-state index contributed by atoms with van der Waals surface area (Å²) in [7, 11) is 0. The van der Waals surface area contributed by atoms with Gasteiger partial charge in [0.15, 0.2) is 0 Å². The monoisotopic (exact) mass is 439 g/mol. The molecule has 2 aromatic heterocycles. The van der Waals surface area contributed by atoms with Gasteiger partial charge in [0.1, 0.15) is 15.5 Å². The molecule has 6 nitrogen and oxygen atoms in total. The molecule has 1 aliphatic heterocycles. The van der Waals surface area contributed by atoms with E-state index in [1.54, 1.807) is 6.07 Å². The number of nitrogens with two attached hydrogens (primary N) is 1. The molecule has 5 rings (SSSR count). The van der Waals surface area contributed by atoms with Crippen LogP contribution in [0.25, 0.3) is 10.2 Å². The summed E-state index contributed by atoms with van der Waals surface area (Å²) in [6, 6.07) is 7.44. The van der Waals surface area contributed by atoms with Crippen LogP contribution in [0.4, 0.5) is 15.8 Å². The molecule has 1 amide bonds. The number of hydrogen-bond acceptors (Lipinski definition) is 6. The van der Waals surface area contributed by atoms with Crippen molar-refractivity contribution in [2.24, 2.45) is 0 Å². The normalized spacial score (nSPS) is 18.8. The molecule has 4 N–H and O–H groups in total. The average molecular weight is 440 g/mol. The zero-order chi connectivity index (χ0) is 21.5. The smallest absolute Gasteiger partial charge is 0.263 e. The second-order valence-corrected chi connectivity index (χ2v) is 9.37. The lowest BCUT2D eigenvalue weighted by Crippen LogP contribution is -2.44. The number of thiophene rings is 1. The lowest BCUT2D eigenvalue weighted by Gasteiger charge is -2.32. The molecular weight excluding hydrogens is 413 g/mol. The topological polar surface area (TPSA) is 83.3 Å². The highest BCUT2D eigenvalue weighted by Crippen LogP contribution is 2.33. The van der Waals surface area contributed by atoms with E-state index in [0.717, 1.165) is 60.5 Å². The number of aryl methyl sites for hydroxylation is 2. The van der Waals surface area contributed by atoms with Gasteiger partial charge in [-0.15, -0.1) is 11.3 Å². The number of anilines is 2. The van der Waals surface area contributed by atoms with Gasteiger partial charge in [0, 0.05) is 43.3 Å². The second kappa shape index (κ2) is 8.09. The van der Waals surface area contributed by atoms with Crippen LogP contribution in [0.5, 0.6) is 0 Å². The minimum absolute atomic E-state index is 0.0382. The minimum atomic E-state index is -0.178. The van der Waals surface area contributed by atoms with Crippen molar-refractivity contribution in [3.63, 3.8) is 0 Å². The Balaban J connectivity index is 1.32. The van der Waals surface area contributed by atoms with Crippen molar-refractivity contribution in [2.75, 3.05) is 36.8 Å². The summed E-state index contributed by atoms with van der Waals surface area (Å²) >= 11 is 1.32. The van der Waals surface area contributed by atoms with Gasteiger partial charge >= 0.3 is 0 Å². The molecule has 31 heavy (non-hydrogen) atoms. The number of benzene rings is 1. The predicted molar refractivity (Wildman–Crippen MR) is 124 cm³/mol. The quantitative estimate of drug-likeness (QED) is 0.584. The van der Waals surface area contributed by atoms with Crippen LogP contribution in [0, 0.1) is 12.7 Å². The van der Waals surface area contributed by atoms with Crippen LogP contribution in [0.3, 0.4) is 0 Å². The first-order chi connectivity index (χ1) is 15.0. The Morgan fingerprint density at radius 3 is 2.90 bits per heavy atom. The fraction of sp³-hybridized carbons (Fsp3) is 0.391. The predicted octanol–water partition coefficient (Wildman–Crippen LogP) is 3.02. The Kier molecular flexibility index (Phi) is 5.27. The van der Waals surface area contributed by atoms with Crippen LogP contribution in [-0.4, -0.2) is 43.1 Å². The summed E-state index contributed by atoms with van der Waals surface area (Å²) in [5.41, 5.74) is 10.5. The average Bonchev–Trinajstić information content (AvgIpc) is 3.09. The molecule has 0 saturated carbocycles. The van der Waals surface area contributed by atoms with E-state index in [0.29, 0.717) is 22.7 Å². The summed E-state index contributed by atoms with van der Waals surface area (Å²) in [6.45, 7) is 5.31. The molecule has 1 aromatic carbocycles. The number of piperazine rings is 1. The van der Waals surface area contributed by atoms with Crippen LogP contribution < -0.4 is 21.3 Å². The van der Waals surface area contributed by atoms with Gasteiger partial charge in [0.25, 0.3) is 5.91 Å². The van der Waals surface area contributed by atoms with E-state index < -0.39 is 0 Å². The molecule has 2 aliphatic rings. The molecule has 0 spiro atoms. The molecule has 1 aliphatic carbocycles. The number of rotatable bonds is 3. The third-order valence-corrected chi connectivity index (χ3v) is 7.34. The zero-order valence-corrected chi connectivity index (χ0v) is 18.3. The summed E-state index contributed by atoms with van der Waals surface area (Å²) in [6.07, 6.45) is 2.28.